The van der Waals surface area contributed by atoms with Crippen molar-refractivity contribution in [2.75, 3.05) is 72.6 Å². The fourth-order valence-electron chi connectivity index (χ4n) is 2.33. The molecule has 1 N–H and O–H groups in total. The lowest BCUT2D eigenvalue weighted by Gasteiger charge is -2.28. The summed E-state index contributed by atoms with van der Waals surface area (Å²) in [6.07, 6.45) is 0.227. The van der Waals surface area contributed by atoms with E-state index in [1.165, 1.54) is 0 Å². The van der Waals surface area contributed by atoms with E-state index >= 15 is 0 Å². The molecule has 0 heterocycles. The summed E-state index contributed by atoms with van der Waals surface area (Å²) < 4.78 is 38.2. The quantitative estimate of drug-likeness (QED) is 0.234. The van der Waals surface area contributed by atoms with E-state index < -0.39 is 14.9 Å². The standard InChI is InChI=1S/C18H39NO8Si/c1-5-21-11-12-22-13-14-23-15-16-24-18(20)19-10-9-17-28(25-6-2,26-7-3)27-8-4/h5-17H2,1-4H3,(H,19,20). The minimum absolute atomic E-state index is 0.195. The van der Waals surface area contributed by atoms with E-state index in [4.69, 9.17) is 32.2 Å². The number of ether oxygens (including phenoxy) is 4. The number of carbonyl (C=O) groups is 1. The normalized spacial score (nSPS) is 11.6. The molecule has 0 aliphatic rings. The van der Waals surface area contributed by atoms with Gasteiger partial charge in [0.1, 0.15) is 6.61 Å². The highest BCUT2D eigenvalue weighted by Crippen LogP contribution is 2.17. The molecule has 0 aliphatic carbocycles. The van der Waals surface area contributed by atoms with E-state index in [1.807, 2.05) is 27.7 Å². The van der Waals surface area contributed by atoms with Gasteiger partial charge in [0.05, 0.1) is 33.0 Å². The summed E-state index contributed by atoms with van der Waals surface area (Å²) in [5, 5.41) is 2.71. The van der Waals surface area contributed by atoms with Gasteiger partial charge in [0.15, 0.2) is 0 Å². The molecule has 0 bridgehead atoms. The van der Waals surface area contributed by atoms with Crippen molar-refractivity contribution in [2.24, 2.45) is 0 Å². The predicted molar refractivity (Wildman–Crippen MR) is 108 cm³/mol. The number of alkyl carbamates (subject to hydrolysis) is 1. The van der Waals surface area contributed by atoms with Crippen molar-refractivity contribution in [3.8, 4) is 0 Å². The molecule has 0 atom stereocenters. The maximum atomic E-state index is 11.7. The topological polar surface area (TPSA) is 93.7 Å². The number of nitrogens with one attached hydrogen (secondary N) is 1. The molecule has 0 rings (SSSR count). The molecule has 0 fully saturated rings. The third kappa shape index (κ3) is 15.2. The number of carbonyl (C=O) groups excluding carboxylic acids is 1. The van der Waals surface area contributed by atoms with Gasteiger partial charge in [0.25, 0.3) is 0 Å². The van der Waals surface area contributed by atoms with Gasteiger partial charge in [-0.25, -0.2) is 4.79 Å². The maximum absolute atomic E-state index is 11.7. The Kier molecular flexibility index (Phi) is 19.0. The molecule has 0 aliphatic heterocycles. The monoisotopic (exact) mass is 425 g/mol. The molecule has 0 aromatic rings. The zero-order valence-electron chi connectivity index (χ0n) is 18.0. The smallest absolute Gasteiger partial charge is 0.447 e. The predicted octanol–water partition coefficient (Wildman–Crippen LogP) is 2.22. The molecule has 0 saturated carbocycles. The van der Waals surface area contributed by atoms with Crippen molar-refractivity contribution in [2.45, 2.75) is 40.2 Å². The zero-order chi connectivity index (χ0) is 20.9. The van der Waals surface area contributed by atoms with Gasteiger partial charge in [-0.05, 0) is 34.1 Å². The van der Waals surface area contributed by atoms with Crippen molar-refractivity contribution in [1.29, 1.82) is 0 Å². The lowest BCUT2D eigenvalue weighted by atomic mass is 10.5. The SMILES string of the molecule is CCOCCOCCOCCOC(=O)NCCC[Si](OCC)(OCC)OCC. The number of rotatable bonds is 20. The Hall–Kier alpha value is -0.753. The second-order valence-corrected chi connectivity index (χ2v) is 8.30. The van der Waals surface area contributed by atoms with Gasteiger partial charge in [-0.15, -0.1) is 0 Å². The number of hydrogen-bond donors (Lipinski definition) is 1. The summed E-state index contributed by atoms with van der Waals surface area (Å²) in [7, 11) is -2.65. The van der Waals surface area contributed by atoms with Gasteiger partial charge < -0.3 is 37.5 Å². The Morgan fingerprint density at radius 3 is 1.71 bits per heavy atom. The fraction of sp³-hybridized carbons (Fsp3) is 0.944. The van der Waals surface area contributed by atoms with Crippen LogP contribution in [0.3, 0.4) is 0 Å². The first-order valence-corrected chi connectivity index (χ1v) is 12.1. The molecule has 168 valence electrons. The Labute approximate surface area is 170 Å². The van der Waals surface area contributed by atoms with Crippen LogP contribution < -0.4 is 5.32 Å². The highest BCUT2D eigenvalue weighted by Gasteiger charge is 2.39. The first kappa shape index (κ1) is 27.2. The zero-order valence-corrected chi connectivity index (χ0v) is 19.0. The molecule has 0 aromatic carbocycles. The van der Waals surface area contributed by atoms with Crippen LogP contribution in [0, 0.1) is 0 Å². The van der Waals surface area contributed by atoms with Crippen LogP contribution >= 0.6 is 0 Å². The van der Waals surface area contributed by atoms with Crippen LogP contribution in [0.1, 0.15) is 34.1 Å². The lowest BCUT2D eigenvalue weighted by molar-refractivity contribution is 0.00745. The molecule has 0 spiro atoms. The van der Waals surface area contributed by atoms with Gasteiger partial charge in [0.2, 0.25) is 0 Å². The van der Waals surface area contributed by atoms with E-state index in [1.54, 1.807) is 0 Å². The Morgan fingerprint density at radius 2 is 1.21 bits per heavy atom. The molecule has 0 radical (unpaired) electrons. The highest BCUT2D eigenvalue weighted by atomic mass is 28.4. The lowest BCUT2D eigenvalue weighted by Crippen LogP contribution is -2.46. The summed E-state index contributed by atoms with van der Waals surface area (Å²) in [6.45, 7) is 13.1. The molecule has 9 nitrogen and oxygen atoms in total. The van der Waals surface area contributed by atoms with Crippen LogP contribution in [-0.2, 0) is 32.2 Å². The van der Waals surface area contributed by atoms with E-state index in [2.05, 4.69) is 5.32 Å². The molecular formula is C18H39NO8Si. The van der Waals surface area contributed by atoms with Gasteiger partial charge in [-0.3, -0.25) is 0 Å². The molecule has 0 saturated heterocycles. The van der Waals surface area contributed by atoms with Crippen LogP contribution in [0.25, 0.3) is 0 Å². The van der Waals surface area contributed by atoms with Crippen LogP contribution in [0.2, 0.25) is 6.04 Å². The summed E-state index contributed by atoms with van der Waals surface area (Å²) in [4.78, 5) is 11.7. The van der Waals surface area contributed by atoms with Crippen LogP contribution in [-0.4, -0.2) is 87.5 Å². The van der Waals surface area contributed by atoms with Crippen LogP contribution in [0.5, 0.6) is 0 Å². The van der Waals surface area contributed by atoms with Gasteiger partial charge in [-0.2, -0.15) is 0 Å². The average Bonchev–Trinajstić information content (AvgIpc) is 2.67. The van der Waals surface area contributed by atoms with Crippen LogP contribution in [0.15, 0.2) is 0 Å². The van der Waals surface area contributed by atoms with Crippen molar-refractivity contribution in [1.82, 2.24) is 5.32 Å². The van der Waals surface area contributed by atoms with Gasteiger partial charge in [0, 0.05) is 39.0 Å². The summed E-state index contributed by atoms with van der Waals surface area (Å²) >= 11 is 0. The molecule has 0 unspecified atom stereocenters. The minimum atomic E-state index is -2.65. The second-order valence-electron chi connectivity index (χ2n) is 5.57. The largest absolute Gasteiger partial charge is 0.500 e. The van der Waals surface area contributed by atoms with E-state index in [-0.39, 0.29) is 6.61 Å². The summed E-state index contributed by atoms with van der Waals surface area (Å²) in [6, 6.07) is 0.648. The maximum Gasteiger partial charge on any atom is 0.500 e. The number of hydrogen-bond acceptors (Lipinski definition) is 8. The van der Waals surface area contributed by atoms with Crippen LogP contribution in [0.4, 0.5) is 4.79 Å². The molecule has 28 heavy (non-hydrogen) atoms. The van der Waals surface area contributed by atoms with E-state index in [0.717, 1.165) is 0 Å². The minimum Gasteiger partial charge on any atom is -0.447 e. The van der Waals surface area contributed by atoms with Crippen molar-refractivity contribution >= 4 is 14.9 Å². The molecule has 0 aromatic heterocycles. The first-order chi connectivity index (χ1) is 13.6. The fourth-order valence-corrected chi connectivity index (χ4v) is 4.94. The van der Waals surface area contributed by atoms with Crippen molar-refractivity contribution in [3.05, 3.63) is 0 Å². The Morgan fingerprint density at radius 1 is 0.714 bits per heavy atom. The Bertz CT molecular complexity index is 345. The van der Waals surface area contributed by atoms with Gasteiger partial charge in [-0.1, -0.05) is 0 Å². The van der Waals surface area contributed by atoms with Gasteiger partial charge >= 0.3 is 14.9 Å². The summed E-state index contributed by atoms with van der Waals surface area (Å²) in [5.41, 5.74) is 0. The average molecular weight is 426 g/mol. The van der Waals surface area contributed by atoms with E-state index in [9.17, 15) is 4.79 Å². The third-order valence-corrected chi connectivity index (χ3v) is 6.58. The van der Waals surface area contributed by atoms with Crippen molar-refractivity contribution in [3.63, 3.8) is 0 Å². The highest BCUT2D eigenvalue weighted by molar-refractivity contribution is 6.60. The Balaban J connectivity index is 3.70. The van der Waals surface area contributed by atoms with E-state index in [0.29, 0.717) is 78.5 Å². The first-order valence-electron chi connectivity index (χ1n) is 10.2. The molecule has 1 amide bonds. The molecular weight excluding hydrogens is 386 g/mol. The molecule has 10 heteroatoms. The second kappa shape index (κ2) is 19.6. The number of amides is 1. The van der Waals surface area contributed by atoms with Crippen molar-refractivity contribution < 1.29 is 37.0 Å². The summed E-state index contributed by atoms with van der Waals surface area (Å²) in [5.74, 6) is 0. The third-order valence-electron chi connectivity index (χ3n) is 3.43.